The zero-order valence-electron chi connectivity index (χ0n) is 17.6. The van der Waals surface area contributed by atoms with Crippen molar-refractivity contribution in [1.29, 1.82) is 0 Å². The molecule has 0 aliphatic heterocycles. The highest BCUT2D eigenvalue weighted by Crippen LogP contribution is 2.24. The first-order chi connectivity index (χ1) is 15.5. The first kappa shape index (κ1) is 21.7. The zero-order valence-corrected chi connectivity index (χ0v) is 17.6. The maximum absolute atomic E-state index is 13.4. The third-order valence-electron chi connectivity index (χ3n) is 5.11. The van der Waals surface area contributed by atoms with Gasteiger partial charge in [0.15, 0.2) is 0 Å². The highest BCUT2D eigenvalue weighted by atomic mass is 19.1. The number of aromatic nitrogens is 2. The van der Waals surface area contributed by atoms with Gasteiger partial charge < -0.3 is 14.6 Å². The minimum absolute atomic E-state index is 0.0273. The first-order valence-corrected chi connectivity index (χ1v) is 10.2. The number of methoxy groups -OCH3 is 1. The van der Waals surface area contributed by atoms with E-state index in [4.69, 9.17) is 9.47 Å². The number of halogens is 1. The number of aliphatic hydroxyl groups is 1. The van der Waals surface area contributed by atoms with Crippen LogP contribution in [0, 0.1) is 5.82 Å². The summed E-state index contributed by atoms with van der Waals surface area (Å²) in [6, 6.07) is 20.5. The molecule has 0 amide bonds. The number of hydrogen-bond donors (Lipinski definition) is 1. The van der Waals surface area contributed by atoms with Crippen LogP contribution in [0.15, 0.2) is 77.6 Å². The van der Waals surface area contributed by atoms with Gasteiger partial charge in [-0.25, -0.2) is 9.07 Å². The van der Waals surface area contributed by atoms with Crippen LogP contribution in [0.2, 0.25) is 0 Å². The normalized spacial score (nSPS) is 12.1. The predicted octanol–water partition coefficient (Wildman–Crippen LogP) is 3.79. The summed E-state index contributed by atoms with van der Waals surface area (Å²) in [5.41, 5.74) is 1.87. The number of aliphatic hydroxyl groups excluding tert-OH is 1. The van der Waals surface area contributed by atoms with Crippen LogP contribution in [-0.4, -0.2) is 34.7 Å². The topological polar surface area (TPSA) is 73.6 Å². The average molecular weight is 434 g/mol. The Morgan fingerprint density at radius 3 is 2.38 bits per heavy atom. The van der Waals surface area contributed by atoms with Gasteiger partial charge in [-0.1, -0.05) is 30.3 Å². The molecule has 0 fully saturated rings. The second-order valence-electron chi connectivity index (χ2n) is 7.41. The summed E-state index contributed by atoms with van der Waals surface area (Å²) < 4.78 is 25.4. The Bertz CT molecular complexity index is 1250. The number of fused-ring (bicyclic) bond motifs is 1. The van der Waals surface area contributed by atoms with Crippen LogP contribution in [0.3, 0.4) is 0 Å². The second-order valence-corrected chi connectivity index (χ2v) is 7.41. The van der Waals surface area contributed by atoms with Gasteiger partial charge in [0.2, 0.25) is 0 Å². The Kier molecular flexibility index (Phi) is 6.58. The summed E-state index contributed by atoms with van der Waals surface area (Å²) >= 11 is 0. The standard InChI is InChI=1S/C25H23FN2O4/c1-31-21-12-6-17(7-13-21)15-32-16-20(29)14-28-25(30)23-5-3-2-4-22(23)24(27-28)18-8-10-19(26)11-9-18/h2-13,20,29H,14-16H2,1H3/t20-/m0/s1. The minimum Gasteiger partial charge on any atom is -0.497 e. The molecule has 1 atom stereocenters. The van der Waals surface area contributed by atoms with Gasteiger partial charge in [-0.15, -0.1) is 0 Å². The maximum atomic E-state index is 13.4. The summed E-state index contributed by atoms with van der Waals surface area (Å²) in [4.78, 5) is 12.9. The molecule has 0 spiro atoms. The van der Waals surface area contributed by atoms with Crippen LogP contribution in [0.25, 0.3) is 22.0 Å². The molecule has 1 aromatic heterocycles. The van der Waals surface area contributed by atoms with Crippen LogP contribution in [-0.2, 0) is 17.9 Å². The number of nitrogens with zero attached hydrogens (tertiary/aromatic N) is 2. The van der Waals surface area contributed by atoms with Crippen molar-refractivity contribution < 1.29 is 19.0 Å². The molecule has 164 valence electrons. The van der Waals surface area contributed by atoms with Crippen molar-refractivity contribution in [2.24, 2.45) is 0 Å². The molecule has 0 bridgehead atoms. The fourth-order valence-corrected chi connectivity index (χ4v) is 3.47. The summed E-state index contributed by atoms with van der Waals surface area (Å²) in [6.07, 6.45) is -0.930. The van der Waals surface area contributed by atoms with E-state index in [-0.39, 0.29) is 24.5 Å². The van der Waals surface area contributed by atoms with E-state index in [9.17, 15) is 14.3 Å². The summed E-state index contributed by atoms with van der Waals surface area (Å²) in [7, 11) is 1.60. The van der Waals surface area contributed by atoms with E-state index >= 15 is 0 Å². The molecule has 0 aliphatic rings. The molecular formula is C25H23FN2O4. The number of ether oxygens (including phenoxy) is 2. The van der Waals surface area contributed by atoms with E-state index in [1.165, 1.54) is 16.8 Å². The fraction of sp³-hybridized carbons (Fsp3) is 0.200. The van der Waals surface area contributed by atoms with Crippen molar-refractivity contribution in [2.75, 3.05) is 13.7 Å². The molecule has 4 rings (SSSR count). The van der Waals surface area contributed by atoms with Crippen LogP contribution >= 0.6 is 0 Å². The van der Waals surface area contributed by atoms with Gasteiger partial charge in [0.05, 0.1) is 44.1 Å². The van der Waals surface area contributed by atoms with Crippen molar-refractivity contribution in [3.63, 3.8) is 0 Å². The lowest BCUT2D eigenvalue weighted by Crippen LogP contribution is -2.31. The Balaban J connectivity index is 1.52. The molecule has 0 saturated carbocycles. The molecule has 0 saturated heterocycles. The Labute approximate surface area is 184 Å². The third-order valence-corrected chi connectivity index (χ3v) is 5.11. The van der Waals surface area contributed by atoms with E-state index in [1.807, 2.05) is 30.3 Å². The third kappa shape index (κ3) is 4.85. The van der Waals surface area contributed by atoms with Crippen molar-refractivity contribution in [3.05, 3.63) is 94.5 Å². The number of benzene rings is 3. The largest absolute Gasteiger partial charge is 0.497 e. The predicted molar refractivity (Wildman–Crippen MR) is 120 cm³/mol. The first-order valence-electron chi connectivity index (χ1n) is 10.2. The van der Waals surface area contributed by atoms with Crippen molar-refractivity contribution >= 4 is 10.8 Å². The maximum Gasteiger partial charge on any atom is 0.274 e. The highest BCUT2D eigenvalue weighted by molar-refractivity contribution is 5.93. The van der Waals surface area contributed by atoms with Crippen molar-refractivity contribution in [2.45, 2.75) is 19.3 Å². The van der Waals surface area contributed by atoms with Crippen molar-refractivity contribution in [1.82, 2.24) is 9.78 Å². The van der Waals surface area contributed by atoms with Gasteiger partial charge >= 0.3 is 0 Å². The lowest BCUT2D eigenvalue weighted by molar-refractivity contribution is 0.0181. The quantitative estimate of drug-likeness (QED) is 0.457. The van der Waals surface area contributed by atoms with Gasteiger partial charge in [-0.05, 0) is 48.0 Å². The van der Waals surface area contributed by atoms with Crippen LogP contribution < -0.4 is 10.3 Å². The summed E-state index contributed by atoms with van der Waals surface area (Å²) in [6.45, 7) is 0.335. The van der Waals surface area contributed by atoms with Crippen molar-refractivity contribution in [3.8, 4) is 17.0 Å². The molecule has 3 aromatic carbocycles. The second kappa shape index (κ2) is 9.72. The van der Waals surface area contributed by atoms with E-state index in [2.05, 4.69) is 5.10 Å². The minimum atomic E-state index is -0.930. The lowest BCUT2D eigenvalue weighted by atomic mass is 10.1. The molecular weight excluding hydrogens is 411 g/mol. The molecule has 0 aliphatic carbocycles. The highest BCUT2D eigenvalue weighted by Gasteiger charge is 2.15. The molecule has 6 nitrogen and oxygen atoms in total. The number of rotatable bonds is 8. The SMILES string of the molecule is COc1ccc(COC[C@@H](O)Cn2nc(-c3ccc(F)cc3)c3ccccc3c2=O)cc1. The molecule has 4 aromatic rings. The Morgan fingerprint density at radius 2 is 1.69 bits per heavy atom. The zero-order chi connectivity index (χ0) is 22.5. The van der Waals surface area contributed by atoms with E-state index < -0.39 is 6.10 Å². The average Bonchev–Trinajstić information content (AvgIpc) is 2.82. The van der Waals surface area contributed by atoms with E-state index in [0.29, 0.717) is 28.6 Å². The summed E-state index contributed by atoms with van der Waals surface area (Å²) in [5, 5.41) is 16.1. The Morgan fingerprint density at radius 1 is 1.00 bits per heavy atom. The fourth-order valence-electron chi connectivity index (χ4n) is 3.47. The van der Waals surface area contributed by atoms with Gasteiger partial charge in [0, 0.05) is 10.9 Å². The Hall–Kier alpha value is -3.55. The number of hydrogen-bond acceptors (Lipinski definition) is 5. The molecule has 1 N–H and O–H groups in total. The lowest BCUT2D eigenvalue weighted by Gasteiger charge is -2.15. The monoisotopic (exact) mass is 434 g/mol. The molecule has 1 heterocycles. The smallest absolute Gasteiger partial charge is 0.274 e. The van der Waals surface area contributed by atoms with Gasteiger partial charge in [-0.3, -0.25) is 4.79 Å². The van der Waals surface area contributed by atoms with Crippen LogP contribution in [0.4, 0.5) is 4.39 Å². The van der Waals surface area contributed by atoms with E-state index in [0.717, 1.165) is 11.3 Å². The summed E-state index contributed by atoms with van der Waals surface area (Å²) in [5.74, 6) is 0.406. The van der Waals surface area contributed by atoms with Crippen LogP contribution in [0.5, 0.6) is 5.75 Å². The molecule has 32 heavy (non-hydrogen) atoms. The molecule has 7 heteroatoms. The van der Waals surface area contributed by atoms with Crippen LogP contribution in [0.1, 0.15) is 5.56 Å². The van der Waals surface area contributed by atoms with Gasteiger partial charge in [0.1, 0.15) is 11.6 Å². The molecule has 0 unspecified atom stereocenters. The van der Waals surface area contributed by atoms with Gasteiger partial charge in [-0.2, -0.15) is 5.10 Å². The molecule has 0 radical (unpaired) electrons. The van der Waals surface area contributed by atoms with Gasteiger partial charge in [0.25, 0.3) is 5.56 Å². The van der Waals surface area contributed by atoms with E-state index in [1.54, 1.807) is 37.4 Å².